The molecule has 1 saturated heterocycles. The van der Waals surface area contributed by atoms with Crippen molar-refractivity contribution in [3.63, 3.8) is 0 Å². The highest BCUT2D eigenvalue weighted by Gasteiger charge is 2.26. The van der Waals surface area contributed by atoms with Gasteiger partial charge in [-0.2, -0.15) is 0 Å². The Labute approximate surface area is 259 Å². The number of β-amino-alcohol motifs (C(OH)–C–C–N with tert-alkyl or cyclic N) is 1. The van der Waals surface area contributed by atoms with Crippen molar-refractivity contribution in [1.29, 1.82) is 0 Å². The van der Waals surface area contributed by atoms with Crippen molar-refractivity contribution in [2.75, 3.05) is 26.2 Å². The van der Waals surface area contributed by atoms with Crippen LogP contribution in [-0.2, 0) is 17.6 Å². The number of halogens is 1. The number of aromatic nitrogens is 1. The number of nitrogens with zero attached hydrogens (tertiary/aromatic N) is 2. The molecule has 6 rings (SSSR count). The molecule has 43 heavy (non-hydrogen) atoms. The molecule has 1 aliphatic heterocycles. The summed E-state index contributed by atoms with van der Waals surface area (Å²) < 4.78 is 5.96. The van der Waals surface area contributed by atoms with E-state index in [1.165, 1.54) is 33.4 Å². The molecular formula is C36H41ClN2O4. The number of hydrogen-bond donors (Lipinski definition) is 2. The maximum Gasteiger partial charge on any atom is 0.303 e. The Hall–Kier alpha value is -3.19. The molecule has 0 bridgehead atoms. The van der Waals surface area contributed by atoms with Crippen LogP contribution in [0.25, 0.3) is 5.57 Å². The number of ether oxygens (including phenoxy) is 1. The van der Waals surface area contributed by atoms with Gasteiger partial charge < -0.3 is 14.9 Å². The highest BCUT2D eigenvalue weighted by molar-refractivity contribution is 6.30. The van der Waals surface area contributed by atoms with Gasteiger partial charge in [0.05, 0.1) is 5.69 Å². The molecule has 7 heteroatoms. The number of carboxylic acid groups (broad SMARTS) is 1. The second-order valence-corrected chi connectivity index (χ2v) is 12.9. The van der Waals surface area contributed by atoms with Gasteiger partial charge in [-0.15, -0.1) is 0 Å². The second kappa shape index (κ2) is 13.6. The summed E-state index contributed by atoms with van der Waals surface area (Å²) in [4.78, 5) is 18.2. The van der Waals surface area contributed by atoms with E-state index in [-0.39, 0.29) is 13.0 Å². The van der Waals surface area contributed by atoms with Crippen LogP contribution in [0.4, 0.5) is 0 Å². The van der Waals surface area contributed by atoms with E-state index in [4.69, 9.17) is 26.4 Å². The Morgan fingerprint density at radius 2 is 1.72 bits per heavy atom. The lowest BCUT2D eigenvalue weighted by atomic mass is 9.77. The fourth-order valence-corrected chi connectivity index (χ4v) is 7.41. The fourth-order valence-electron chi connectivity index (χ4n) is 7.22. The maximum absolute atomic E-state index is 11.0. The minimum Gasteiger partial charge on any atom is -0.491 e. The minimum absolute atomic E-state index is 0.259. The van der Waals surface area contributed by atoms with Gasteiger partial charge in [-0.05, 0) is 116 Å². The van der Waals surface area contributed by atoms with Crippen molar-refractivity contribution >= 4 is 23.1 Å². The number of aliphatic hydroxyl groups is 1. The van der Waals surface area contributed by atoms with Crippen LogP contribution in [-0.4, -0.2) is 58.4 Å². The van der Waals surface area contributed by atoms with E-state index < -0.39 is 12.1 Å². The summed E-state index contributed by atoms with van der Waals surface area (Å²) in [6, 6.07) is 18.7. The lowest BCUT2D eigenvalue weighted by molar-refractivity contribution is -0.138. The zero-order valence-corrected chi connectivity index (χ0v) is 25.4. The van der Waals surface area contributed by atoms with Gasteiger partial charge in [0, 0.05) is 42.8 Å². The highest BCUT2D eigenvalue weighted by atomic mass is 35.5. The van der Waals surface area contributed by atoms with E-state index in [9.17, 15) is 9.90 Å². The first kappa shape index (κ1) is 29.9. The smallest absolute Gasteiger partial charge is 0.303 e. The Morgan fingerprint density at radius 1 is 0.977 bits per heavy atom. The SMILES string of the molecule is O=C(O)CC1CCC(c2ccc(OCC(O)CN3CCC(=C4c5ccc(Cl)cc5CCc5cccnc54)CC3)cc2)CC1. The zero-order valence-electron chi connectivity index (χ0n) is 24.7. The van der Waals surface area contributed by atoms with E-state index >= 15 is 0 Å². The quantitative estimate of drug-likeness (QED) is 0.292. The average Bonchev–Trinajstić information content (AvgIpc) is 3.17. The highest BCUT2D eigenvalue weighted by Crippen LogP contribution is 2.39. The standard InChI is InChI=1S/C36H41ClN2O4/c37-30-11-14-33-29(21-30)8-7-28-2-1-17-38-36(28)35(33)27-15-18-39(19-16-27)22-31(40)23-43-32-12-9-26(10-13-32)25-5-3-24(4-6-25)20-34(41)42/h1-2,9-14,17,21,24-25,31,40H,3-8,15-16,18-20,22-23H2,(H,41,42). The molecule has 1 atom stereocenters. The van der Waals surface area contributed by atoms with Gasteiger partial charge in [-0.1, -0.05) is 41.4 Å². The molecule has 0 radical (unpaired) electrons. The molecule has 3 aliphatic rings. The molecular weight excluding hydrogens is 560 g/mol. The lowest BCUT2D eigenvalue weighted by Gasteiger charge is -2.31. The number of aliphatic carboxylic acids is 1. The third-order valence-corrected chi connectivity index (χ3v) is 9.75. The Balaban J connectivity index is 1.02. The van der Waals surface area contributed by atoms with Crippen molar-refractivity contribution in [3.8, 4) is 5.75 Å². The topological polar surface area (TPSA) is 82.9 Å². The summed E-state index contributed by atoms with van der Waals surface area (Å²) in [5.74, 6) is 0.872. The molecule has 2 fully saturated rings. The van der Waals surface area contributed by atoms with Crippen molar-refractivity contribution in [1.82, 2.24) is 9.88 Å². The summed E-state index contributed by atoms with van der Waals surface area (Å²) >= 11 is 6.38. The maximum atomic E-state index is 11.0. The first-order valence-electron chi connectivity index (χ1n) is 15.7. The lowest BCUT2D eigenvalue weighted by Crippen LogP contribution is -2.39. The second-order valence-electron chi connectivity index (χ2n) is 12.4. The van der Waals surface area contributed by atoms with Gasteiger partial charge in [-0.3, -0.25) is 14.7 Å². The van der Waals surface area contributed by atoms with Crippen LogP contribution < -0.4 is 4.74 Å². The molecule has 6 nitrogen and oxygen atoms in total. The molecule has 1 saturated carbocycles. The number of likely N-dealkylation sites (tertiary alicyclic amines) is 1. The molecule has 2 aliphatic carbocycles. The van der Waals surface area contributed by atoms with Gasteiger partial charge in [0.1, 0.15) is 18.5 Å². The molecule has 1 aromatic heterocycles. The summed E-state index contributed by atoms with van der Waals surface area (Å²) in [5, 5.41) is 20.6. The van der Waals surface area contributed by atoms with Crippen LogP contribution in [0.5, 0.6) is 5.75 Å². The molecule has 1 unspecified atom stereocenters. The monoisotopic (exact) mass is 600 g/mol. The number of benzene rings is 2. The number of pyridine rings is 1. The Kier molecular flexibility index (Phi) is 9.46. The van der Waals surface area contributed by atoms with Gasteiger partial charge >= 0.3 is 5.97 Å². The molecule has 2 heterocycles. The third kappa shape index (κ3) is 7.31. The van der Waals surface area contributed by atoms with Crippen LogP contribution in [0.2, 0.25) is 5.02 Å². The van der Waals surface area contributed by atoms with Crippen LogP contribution in [0.15, 0.2) is 66.4 Å². The normalized spacial score (nSPS) is 21.4. The Bertz CT molecular complexity index is 1450. The number of carbonyl (C=O) groups is 1. The molecule has 2 aromatic carbocycles. The van der Waals surface area contributed by atoms with Crippen molar-refractivity contribution in [2.45, 2.75) is 69.8 Å². The average molecular weight is 601 g/mol. The Morgan fingerprint density at radius 3 is 2.47 bits per heavy atom. The minimum atomic E-state index is -0.690. The van der Waals surface area contributed by atoms with Crippen LogP contribution in [0.3, 0.4) is 0 Å². The number of aryl methyl sites for hydroxylation is 2. The summed E-state index contributed by atoms with van der Waals surface area (Å²) in [6.45, 7) is 2.63. The largest absolute Gasteiger partial charge is 0.491 e. The van der Waals surface area contributed by atoms with Gasteiger partial charge in [0.15, 0.2) is 0 Å². The van der Waals surface area contributed by atoms with Crippen LogP contribution >= 0.6 is 11.6 Å². The molecule has 2 N–H and O–H groups in total. The number of aliphatic hydroxyl groups excluding tert-OH is 1. The van der Waals surface area contributed by atoms with Gasteiger partial charge in [0.2, 0.25) is 0 Å². The first-order chi connectivity index (χ1) is 20.9. The predicted molar refractivity (Wildman–Crippen MR) is 170 cm³/mol. The number of carboxylic acids is 1. The van der Waals surface area contributed by atoms with E-state index in [1.807, 2.05) is 30.5 Å². The summed E-state index contributed by atoms with van der Waals surface area (Å²) in [6.07, 6.45) is 9.45. The van der Waals surface area contributed by atoms with Crippen LogP contribution in [0, 0.1) is 5.92 Å². The number of piperidine rings is 1. The van der Waals surface area contributed by atoms with Crippen LogP contribution in [0.1, 0.15) is 78.8 Å². The molecule has 226 valence electrons. The predicted octanol–water partition coefficient (Wildman–Crippen LogP) is 6.92. The third-order valence-electron chi connectivity index (χ3n) is 9.51. The fraction of sp³-hybridized carbons (Fsp3) is 0.444. The van der Waals surface area contributed by atoms with E-state index in [0.29, 0.717) is 18.4 Å². The van der Waals surface area contributed by atoms with E-state index in [1.54, 1.807) is 0 Å². The zero-order chi connectivity index (χ0) is 29.8. The molecule has 0 amide bonds. The van der Waals surface area contributed by atoms with Crippen molar-refractivity contribution < 1.29 is 19.7 Å². The van der Waals surface area contributed by atoms with Crippen molar-refractivity contribution in [2.24, 2.45) is 5.92 Å². The number of rotatable bonds is 8. The number of fused-ring (bicyclic) bond motifs is 2. The van der Waals surface area contributed by atoms with Gasteiger partial charge in [-0.25, -0.2) is 0 Å². The molecule has 3 aromatic rings. The van der Waals surface area contributed by atoms with Gasteiger partial charge in [0.25, 0.3) is 0 Å². The first-order valence-corrected chi connectivity index (χ1v) is 16.1. The number of hydrogen-bond acceptors (Lipinski definition) is 5. The van der Waals surface area contributed by atoms with E-state index in [2.05, 4.69) is 35.2 Å². The van der Waals surface area contributed by atoms with E-state index in [0.717, 1.165) is 80.9 Å². The van der Waals surface area contributed by atoms with Crippen molar-refractivity contribution in [3.05, 3.63) is 99.3 Å². The summed E-state index contributed by atoms with van der Waals surface area (Å²) in [5.41, 5.74) is 8.95. The molecule has 0 spiro atoms. The summed E-state index contributed by atoms with van der Waals surface area (Å²) in [7, 11) is 0.